The minimum atomic E-state index is -2.53. The van der Waals surface area contributed by atoms with E-state index in [1.807, 2.05) is 17.0 Å². The molecular weight excluding hydrogens is 342 g/mol. The highest BCUT2D eigenvalue weighted by atomic mass is 79.9. The van der Waals surface area contributed by atoms with Crippen LogP contribution in [0.5, 0.6) is 0 Å². The third-order valence-corrected chi connectivity index (χ3v) is 4.54. The van der Waals surface area contributed by atoms with Gasteiger partial charge in [-0.05, 0) is 17.7 Å². The third kappa shape index (κ3) is 3.73. The van der Waals surface area contributed by atoms with Crippen molar-refractivity contribution >= 4 is 21.6 Å². The van der Waals surface area contributed by atoms with Gasteiger partial charge in [0, 0.05) is 42.8 Å². The zero-order valence-corrected chi connectivity index (χ0v) is 13.4. The molecular formula is C15H19BrF2N2O. The van der Waals surface area contributed by atoms with Gasteiger partial charge in [-0.3, -0.25) is 4.90 Å². The number of halogens is 3. The average molecular weight is 361 g/mol. The molecule has 2 saturated heterocycles. The van der Waals surface area contributed by atoms with Crippen molar-refractivity contribution < 1.29 is 13.5 Å². The summed E-state index contributed by atoms with van der Waals surface area (Å²) < 4.78 is 33.1. The SMILES string of the molecule is FC1(F)CCN(Cc2ccc(Br)cc2N2CCOCC2)C1. The van der Waals surface area contributed by atoms with Crippen molar-refractivity contribution in [1.29, 1.82) is 0 Å². The largest absolute Gasteiger partial charge is 0.378 e. The van der Waals surface area contributed by atoms with Crippen LogP contribution >= 0.6 is 15.9 Å². The smallest absolute Gasteiger partial charge is 0.261 e. The van der Waals surface area contributed by atoms with E-state index in [-0.39, 0.29) is 13.0 Å². The molecule has 0 aliphatic carbocycles. The number of morpholine rings is 1. The molecule has 3 nitrogen and oxygen atoms in total. The average Bonchev–Trinajstić information content (AvgIpc) is 2.81. The van der Waals surface area contributed by atoms with Gasteiger partial charge >= 0.3 is 0 Å². The Morgan fingerprint density at radius 1 is 1.19 bits per heavy atom. The lowest BCUT2D eigenvalue weighted by Gasteiger charge is -2.31. The molecule has 3 rings (SSSR count). The highest BCUT2D eigenvalue weighted by Gasteiger charge is 2.38. The van der Waals surface area contributed by atoms with Crippen molar-refractivity contribution in [3.63, 3.8) is 0 Å². The summed E-state index contributed by atoms with van der Waals surface area (Å²) in [5.41, 5.74) is 2.24. The molecule has 0 bridgehead atoms. The minimum absolute atomic E-state index is 0.0313. The molecule has 0 N–H and O–H groups in total. The lowest BCUT2D eigenvalue weighted by atomic mass is 10.1. The fourth-order valence-electron chi connectivity index (χ4n) is 2.95. The first-order chi connectivity index (χ1) is 10.0. The summed E-state index contributed by atoms with van der Waals surface area (Å²) in [6.45, 7) is 4.04. The van der Waals surface area contributed by atoms with E-state index in [1.165, 1.54) is 0 Å². The molecule has 1 aromatic rings. The molecule has 1 aromatic carbocycles. The Kier molecular flexibility index (Phi) is 4.47. The zero-order chi connectivity index (χ0) is 14.9. The first-order valence-corrected chi connectivity index (χ1v) is 8.04. The van der Waals surface area contributed by atoms with Gasteiger partial charge in [0.05, 0.1) is 19.8 Å². The Labute approximate surface area is 132 Å². The predicted octanol–water partition coefficient (Wildman–Crippen LogP) is 3.13. The number of nitrogens with zero attached hydrogens (tertiary/aromatic N) is 2. The van der Waals surface area contributed by atoms with E-state index in [9.17, 15) is 8.78 Å². The van der Waals surface area contributed by atoms with Crippen LogP contribution in [0.15, 0.2) is 22.7 Å². The Balaban J connectivity index is 1.78. The maximum absolute atomic E-state index is 13.3. The predicted molar refractivity (Wildman–Crippen MR) is 82.0 cm³/mol. The standard InChI is InChI=1S/C15H19BrF2N2O/c16-13-2-1-12(10-19-4-3-15(17,18)11-19)14(9-13)20-5-7-21-8-6-20/h1-2,9H,3-8,10-11H2. The minimum Gasteiger partial charge on any atom is -0.378 e. The van der Waals surface area contributed by atoms with Gasteiger partial charge in [0.1, 0.15) is 0 Å². The van der Waals surface area contributed by atoms with Crippen molar-refractivity contribution in [2.45, 2.75) is 18.9 Å². The number of rotatable bonds is 3. The maximum atomic E-state index is 13.3. The van der Waals surface area contributed by atoms with Crippen molar-refractivity contribution in [1.82, 2.24) is 4.90 Å². The second-order valence-corrected chi connectivity index (χ2v) is 6.60. The molecule has 0 atom stereocenters. The fraction of sp³-hybridized carbons (Fsp3) is 0.600. The van der Waals surface area contributed by atoms with E-state index in [1.54, 1.807) is 0 Å². The number of anilines is 1. The van der Waals surface area contributed by atoms with Gasteiger partial charge in [-0.2, -0.15) is 0 Å². The summed E-state index contributed by atoms with van der Waals surface area (Å²) in [5, 5.41) is 0. The number of hydrogen-bond donors (Lipinski definition) is 0. The summed E-state index contributed by atoms with van der Waals surface area (Å²) in [4.78, 5) is 4.12. The molecule has 0 unspecified atom stereocenters. The Hall–Kier alpha value is -0.720. The van der Waals surface area contributed by atoms with Crippen LogP contribution in [0, 0.1) is 0 Å². The molecule has 21 heavy (non-hydrogen) atoms. The summed E-state index contributed by atoms with van der Waals surface area (Å²) in [6.07, 6.45) is -0.0313. The van der Waals surface area contributed by atoms with Crippen LogP contribution in [0.2, 0.25) is 0 Å². The molecule has 116 valence electrons. The topological polar surface area (TPSA) is 15.7 Å². The van der Waals surface area contributed by atoms with Crippen LogP contribution in [0.4, 0.5) is 14.5 Å². The van der Waals surface area contributed by atoms with Crippen LogP contribution in [-0.2, 0) is 11.3 Å². The number of ether oxygens (including phenoxy) is 1. The first kappa shape index (κ1) is 15.2. The van der Waals surface area contributed by atoms with Gasteiger partial charge in [0.25, 0.3) is 5.92 Å². The maximum Gasteiger partial charge on any atom is 0.261 e. The van der Waals surface area contributed by atoms with Gasteiger partial charge in [-0.25, -0.2) is 8.78 Å². The monoisotopic (exact) mass is 360 g/mol. The lowest BCUT2D eigenvalue weighted by molar-refractivity contribution is 0.0115. The van der Waals surface area contributed by atoms with Crippen LogP contribution < -0.4 is 4.90 Å². The fourth-order valence-corrected chi connectivity index (χ4v) is 3.30. The van der Waals surface area contributed by atoms with Gasteiger partial charge < -0.3 is 9.64 Å². The molecule has 0 spiro atoms. The van der Waals surface area contributed by atoms with E-state index in [2.05, 4.69) is 26.9 Å². The highest BCUT2D eigenvalue weighted by molar-refractivity contribution is 9.10. The molecule has 0 saturated carbocycles. The lowest BCUT2D eigenvalue weighted by Crippen LogP contribution is -2.37. The Morgan fingerprint density at radius 2 is 1.95 bits per heavy atom. The number of likely N-dealkylation sites (tertiary alicyclic amines) is 1. The second-order valence-electron chi connectivity index (χ2n) is 5.69. The van der Waals surface area contributed by atoms with Gasteiger partial charge in [0.15, 0.2) is 0 Å². The van der Waals surface area contributed by atoms with Crippen molar-refractivity contribution in [2.75, 3.05) is 44.3 Å². The molecule has 2 aliphatic rings. The van der Waals surface area contributed by atoms with E-state index in [0.29, 0.717) is 26.3 Å². The van der Waals surface area contributed by atoms with Crippen molar-refractivity contribution in [3.8, 4) is 0 Å². The Bertz CT molecular complexity index is 506. The molecule has 0 aromatic heterocycles. The number of benzene rings is 1. The van der Waals surface area contributed by atoms with Crippen LogP contribution in [0.25, 0.3) is 0 Å². The Morgan fingerprint density at radius 3 is 2.62 bits per heavy atom. The molecule has 2 heterocycles. The first-order valence-electron chi connectivity index (χ1n) is 7.25. The molecule has 2 fully saturated rings. The van der Waals surface area contributed by atoms with Gasteiger partial charge in [0.2, 0.25) is 0 Å². The third-order valence-electron chi connectivity index (χ3n) is 4.04. The summed E-state index contributed by atoms with van der Waals surface area (Å²) in [6, 6.07) is 6.09. The van der Waals surface area contributed by atoms with Crippen molar-refractivity contribution in [2.24, 2.45) is 0 Å². The zero-order valence-electron chi connectivity index (χ0n) is 11.8. The van der Waals surface area contributed by atoms with Crippen LogP contribution in [-0.4, -0.2) is 50.2 Å². The van der Waals surface area contributed by atoms with Crippen LogP contribution in [0.3, 0.4) is 0 Å². The molecule has 0 radical (unpaired) electrons. The number of hydrogen-bond acceptors (Lipinski definition) is 3. The number of alkyl halides is 2. The van der Waals surface area contributed by atoms with E-state index in [0.717, 1.165) is 28.8 Å². The van der Waals surface area contributed by atoms with E-state index in [4.69, 9.17) is 4.74 Å². The second kappa shape index (κ2) is 6.18. The summed E-state index contributed by atoms with van der Waals surface area (Å²) in [7, 11) is 0. The summed E-state index contributed by atoms with van der Waals surface area (Å²) in [5.74, 6) is -2.53. The van der Waals surface area contributed by atoms with Gasteiger partial charge in [-0.1, -0.05) is 22.0 Å². The van der Waals surface area contributed by atoms with Crippen LogP contribution in [0.1, 0.15) is 12.0 Å². The highest BCUT2D eigenvalue weighted by Crippen LogP contribution is 2.31. The quantitative estimate of drug-likeness (QED) is 0.823. The normalized spacial score (nSPS) is 22.7. The van der Waals surface area contributed by atoms with Crippen molar-refractivity contribution in [3.05, 3.63) is 28.2 Å². The molecule has 2 aliphatic heterocycles. The molecule has 0 amide bonds. The molecule has 6 heteroatoms. The van der Waals surface area contributed by atoms with E-state index < -0.39 is 5.92 Å². The van der Waals surface area contributed by atoms with E-state index >= 15 is 0 Å². The van der Waals surface area contributed by atoms with Gasteiger partial charge in [-0.15, -0.1) is 0 Å². The summed E-state index contributed by atoms with van der Waals surface area (Å²) >= 11 is 3.50.